The Hall–Kier alpha value is -5.22. The standard InChI is InChI=1S/C32H42N8O7/c1-20-8-6-7-9-24(20)40(35)31(44)38(33)23-13-11-22(12-14-23)37-32(2,3)28(41)16-17-29(42)39(34)25(19-30(43)47-36)21-10-15-26(45-4)27(18-21)46-5/h6-15,18,25,37H,16-17,19,33-36H2,1-5H3/t25-/m0/s1. The lowest BCUT2D eigenvalue weighted by atomic mass is 9.94. The summed E-state index contributed by atoms with van der Waals surface area (Å²) in [6.07, 6.45) is -0.727. The normalized spacial score (nSPS) is 11.6. The molecule has 0 fully saturated rings. The molecule has 0 heterocycles. The number of carbonyl (C=O) groups is 4. The number of hydrazine groups is 3. The van der Waals surface area contributed by atoms with Crippen molar-refractivity contribution >= 4 is 40.8 Å². The number of rotatable bonds is 14. The van der Waals surface area contributed by atoms with Crippen LogP contribution in [0.25, 0.3) is 0 Å². The molecule has 0 saturated heterocycles. The number of para-hydroxylation sites is 1. The summed E-state index contributed by atoms with van der Waals surface area (Å²) in [5.41, 5.74) is 1.62. The molecular weight excluding hydrogens is 608 g/mol. The van der Waals surface area contributed by atoms with Crippen LogP contribution in [0, 0.1) is 6.92 Å². The maximum atomic E-state index is 13.2. The number of amides is 3. The van der Waals surface area contributed by atoms with E-state index in [4.69, 9.17) is 32.9 Å². The lowest BCUT2D eigenvalue weighted by Crippen LogP contribution is -2.51. The van der Waals surface area contributed by atoms with Gasteiger partial charge in [-0.15, -0.1) is 0 Å². The Morgan fingerprint density at radius 2 is 1.49 bits per heavy atom. The van der Waals surface area contributed by atoms with Crippen LogP contribution in [0.2, 0.25) is 0 Å². The molecule has 0 aliphatic carbocycles. The monoisotopic (exact) mass is 650 g/mol. The number of carbonyl (C=O) groups excluding carboxylic acids is 4. The second kappa shape index (κ2) is 15.9. The summed E-state index contributed by atoms with van der Waals surface area (Å²) < 4.78 is 10.6. The van der Waals surface area contributed by atoms with E-state index >= 15 is 0 Å². The van der Waals surface area contributed by atoms with Gasteiger partial charge in [-0.2, -0.15) is 5.90 Å². The number of ether oxygens (including phenoxy) is 2. The van der Waals surface area contributed by atoms with Crippen LogP contribution in [0.5, 0.6) is 11.5 Å². The number of methoxy groups -OCH3 is 2. The molecule has 3 aromatic carbocycles. The highest BCUT2D eigenvalue weighted by Crippen LogP contribution is 2.33. The van der Waals surface area contributed by atoms with E-state index in [1.807, 2.05) is 19.1 Å². The summed E-state index contributed by atoms with van der Waals surface area (Å²) in [7, 11) is 2.92. The van der Waals surface area contributed by atoms with Crippen molar-refractivity contribution in [3.63, 3.8) is 0 Å². The van der Waals surface area contributed by atoms with Gasteiger partial charge in [0, 0.05) is 18.5 Å². The van der Waals surface area contributed by atoms with Crippen molar-refractivity contribution in [1.29, 1.82) is 0 Å². The molecule has 0 saturated carbocycles. The van der Waals surface area contributed by atoms with E-state index in [2.05, 4.69) is 10.2 Å². The van der Waals surface area contributed by atoms with Crippen molar-refractivity contribution in [1.82, 2.24) is 5.01 Å². The summed E-state index contributed by atoms with van der Waals surface area (Å²) >= 11 is 0. The highest BCUT2D eigenvalue weighted by Gasteiger charge is 2.31. The quantitative estimate of drug-likeness (QED) is 0.0965. The Morgan fingerprint density at radius 1 is 0.851 bits per heavy atom. The Bertz CT molecular complexity index is 1580. The van der Waals surface area contributed by atoms with Gasteiger partial charge in [0.2, 0.25) is 5.91 Å². The first kappa shape index (κ1) is 36.3. The Morgan fingerprint density at radius 3 is 2.09 bits per heavy atom. The number of nitrogens with zero attached hydrogens (tertiary/aromatic N) is 3. The number of ketones is 1. The molecule has 3 amide bonds. The fourth-order valence-corrected chi connectivity index (χ4v) is 4.78. The first-order valence-electron chi connectivity index (χ1n) is 14.5. The number of urea groups is 1. The highest BCUT2D eigenvalue weighted by molar-refractivity contribution is 6.02. The van der Waals surface area contributed by atoms with Gasteiger partial charge >= 0.3 is 12.0 Å². The van der Waals surface area contributed by atoms with Crippen LogP contribution in [0.15, 0.2) is 66.7 Å². The predicted molar refractivity (Wildman–Crippen MR) is 177 cm³/mol. The fraction of sp³-hybridized carbons (Fsp3) is 0.312. The fourth-order valence-electron chi connectivity index (χ4n) is 4.78. The van der Waals surface area contributed by atoms with Crippen molar-refractivity contribution < 1.29 is 33.5 Å². The molecule has 1 atom stereocenters. The van der Waals surface area contributed by atoms with Gasteiger partial charge in [0.25, 0.3) is 0 Å². The zero-order valence-electron chi connectivity index (χ0n) is 27.1. The molecule has 3 aromatic rings. The van der Waals surface area contributed by atoms with Gasteiger partial charge in [-0.1, -0.05) is 24.3 Å². The van der Waals surface area contributed by atoms with Crippen molar-refractivity contribution in [2.24, 2.45) is 23.4 Å². The van der Waals surface area contributed by atoms with E-state index in [0.717, 1.165) is 20.6 Å². The van der Waals surface area contributed by atoms with Gasteiger partial charge in [0.15, 0.2) is 17.3 Å². The number of anilines is 3. The molecule has 0 aliphatic rings. The van der Waals surface area contributed by atoms with Crippen LogP contribution in [-0.2, 0) is 19.2 Å². The van der Waals surface area contributed by atoms with Crippen LogP contribution >= 0.6 is 0 Å². The van der Waals surface area contributed by atoms with Gasteiger partial charge in [0.05, 0.1) is 43.6 Å². The molecule has 0 spiro atoms. The van der Waals surface area contributed by atoms with Crippen LogP contribution in [0.1, 0.15) is 50.3 Å². The Balaban J connectivity index is 1.64. The average Bonchev–Trinajstić information content (AvgIpc) is 3.07. The third-order valence-electron chi connectivity index (χ3n) is 7.56. The van der Waals surface area contributed by atoms with Crippen LogP contribution < -0.4 is 48.2 Å². The van der Waals surface area contributed by atoms with Gasteiger partial charge in [-0.3, -0.25) is 19.4 Å². The van der Waals surface area contributed by atoms with E-state index < -0.39 is 29.5 Å². The largest absolute Gasteiger partial charge is 0.493 e. The van der Waals surface area contributed by atoms with E-state index in [9.17, 15) is 19.2 Å². The molecule has 0 radical (unpaired) electrons. The molecule has 47 heavy (non-hydrogen) atoms. The van der Waals surface area contributed by atoms with Crippen LogP contribution in [0.4, 0.5) is 21.9 Å². The molecule has 0 aromatic heterocycles. The molecule has 252 valence electrons. The molecule has 15 heteroatoms. The number of Topliss-reactive ketones (excluding diaryl/α,β-unsaturated/α-hetero) is 1. The molecular formula is C32H42N8O7. The second-order valence-corrected chi connectivity index (χ2v) is 11.2. The number of benzene rings is 3. The number of hydrogen-bond acceptors (Lipinski definition) is 12. The minimum atomic E-state index is -1.09. The predicted octanol–water partition coefficient (Wildman–Crippen LogP) is 2.98. The minimum Gasteiger partial charge on any atom is -0.493 e. The molecule has 0 bridgehead atoms. The van der Waals surface area contributed by atoms with Gasteiger partial charge in [-0.25, -0.2) is 32.3 Å². The second-order valence-electron chi connectivity index (χ2n) is 11.2. The Kier molecular flexibility index (Phi) is 12.2. The third-order valence-corrected chi connectivity index (χ3v) is 7.56. The summed E-state index contributed by atoms with van der Waals surface area (Å²) in [6.45, 7) is 5.17. The first-order chi connectivity index (χ1) is 22.2. The first-order valence-corrected chi connectivity index (χ1v) is 14.5. The number of nitrogens with two attached hydrogens (primary N) is 4. The molecule has 9 N–H and O–H groups in total. The Labute approximate surface area is 273 Å². The van der Waals surface area contributed by atoms with Gasteiger partial charge in [-0.05, 0) is 74.4 Å². The molecule has 0 unspecified atom stereocenters. The molecule has 15 nitrogen and oxygen atoms in total. The highest BCUT2D eigenvalue weighted by atomic mass is 16.7. The van der Waals surface area contributed by atoms with Gasteiger partial charge in [0.1, 0.15) is 0 Å². The van der Waals surface area contributed by atoms with Crippen molar-refractivity contribution in [2.75, 3.05) is 29.6 Å². The van der Waals surface area contributed by atoms with E-state index in [1.54, 1.807) is 68.4 Å². The van der Waals surface area contributed by atoms with Crippen molar-refractivity contribution in [2.45, 2.75) is 51.6 Å². The zero-order chi connectivity index (χ0) is 34.9. The summed E-state index contributed by atoms with van der Waals surface area (Å²) in [5.74, 6) is 22.5. The third kappa shape index (κ3) is 8.95. The maximum Gasteiger partial charge on any atom is 0.357 e. The van der Waals surface area contributed by atoms with E-state index in [-0.39, 0.29) is 25.0 Å². The van der Waals surface area contributed by atoms with Crippen LogP contribution in [-0.4, -0.2) is 48.5 Å². The van der Waals surface area contributed by atoms with Crippen molar-refractivity contribution in [3.05, 3.63) is 77.9 Å². The molecule has 0 aliphatic heterocycles. The summed E-state index contributed by atoms with van der Waals surface area (Å²) in [6, 6.07) is 16.9. The van der Waals surface area contributed by atoms with E-state index in [0.29, 0.717) is 34.1 Å². The summed E-state index contributed by atoms with van der Waals surface area (Å²) in [4.78, 5) is 55.6. The number of aryl methyl sites for hydroxylation is 1. The smallest absolute Gasteiger partial charge is 0.357 e. The number of nitrogens with one attached hydrogen (secondary N) is 1. The zero-order valence-corrected chi connectivity index (χ0v) is 27.1. The maximum absolute atomic E-state index is 13.2. The SMILES string of the molecule is COc1ccc([C@H](CC(=O)ON)N(N)C(=O)CCC(=O)C(C)(C)Nc2ccc(N(N)C(=O)N(N)c3ccccc3C)cc2)cc1OC. The summed E-state index contributed by atoms with van der Waals surface area (Å²) in [5, 5.41) is 5.90. The minimum absolute atomic E-state index is 0.152. The van der Waals surface area contributed by atoms with Crippen molar-refractivity contribution in [3.8, 4) is 11.5 Å². The topological polar surface area (TPSA) is 222 Å². The van der Waals surface area contributed by atoms with E-state index in [1.165, 1.54) is 14.2 Å². The molecule has 3 rings (SSSR count). The lowest BCUT2D eigenvalue weighted by Gasteiger charge is -2.29. The van der Waals surface area contributed by atoms with Gasteiger partial charge < -0.3 is 19.6 Å². The van der Waals surface area contributed by atoms with Crippen LogP contribution in [0.3, 0.4) is 0 Å². The average molecular weight is 651 g/mol. The lowest BCUT2D eigenvalue weighted by molar-refractivity contribution is -0.147. The number of hydrogen-bond donors (Lipinski definition) is 5.